The normalized spacial score (nSPS) is 10.8. The number of nitrogen functional groups attached to an aromatic ring is 1. The average molecular weight is 420 g/mol. The zero-order valence-electron chi connectivity index (χ0n) is 16.3. The molecule has 0 aliphatic carbocycles. The molecule has 0 bridgehead atoms. The Kier molecular flexibility index (Phi) is 5.80. The molecule has 0 aliphatic heterocycles. The second kappa shape index (κ2) is 8.83. The van der Waals surface area contributed by atoms with E-state index < -0.39 is 0 Å². The van der Waals surface area contributed by atoms with Gasteiger partial charge in [0.15, 0.2) is 0 Å². The molecule has 2 aromatic carbocycles. The van der Waals surface area contributed by atoms with Crippen molar-refractivity contribution in [3.05, 3.63) is 66.2 Å². The summed E-state index contributed by atoms with van der Waals surface area (Å²) >= 11 is 1.40. The van der Waals surface area contributed by atoms with E-state index in [-0.39, 0.29) is 18.3 Å². The lowest BCUT2D eigenvalue weighted by Crippen LogP contribution is -2.28. The summed E-state index contributed by atoms with van der Waals surface area (Å²) in [4.78, 5) is 16.9. The predicted molar refractivity (Wildman–Crippen MR) is 115 cm³/mol. The van der Waals surface area contributed by atoms with Gasteiger partial charge in [-0.05, 0) is 11.8 Å². The fraction of sp³-hybridized carbons (Fsp3) is 0.143. The van der Waals surface area contributed by atoms with Gasteiger partial charge in [-0.3, -0.25) is 4.79 Å². The number of nitrogens with two attached hydrogens (primary N) is 1. The second-order valence-corrected chi connectivity index (χ2v) is 7.27. The van der Waals surface area contributed by atoms with Crippen molar-refractivity contribution in [2.45, 2.75) is 18.1 Å². The summed E-state index contributed by atoms with van der Waals surface area (Å²) in [6.45, 7) is 0.430. The Hall–Kier alpha value is -3.59. The fourth-order valence-corrected chi connectivity index (χ4v) is 3.51. The molecule has 0 spiro atoms. The van der Waals surface area contributed by atoms with Crippen LogP contribution in [0.25, 0.3) is 22.8 Å². The first-order chi connectivity index (χ1) is 14.7. The van der Waals surface area contributed by atoms with E-state index in [2.05, 4.69) is 20.6 Å². The van der Waals surface area contributed by atoms with E-state index >= 15 is 0 Å². The van der Waals surface area contributed by atoms with Gasteiger partial charge in [0.25, 0.3) is 5.89 Å². The Morgan fingerprint density at radius 3 is 2.53 bits per heavy atom. The average Bonchev–Trinajstić information content (AvgIpc) is 3.38. The van der Waals surface area contributed by atoms with Crippen LogP contribution in [0.3, 0.4) is 0 Å². The molecule has 30 heavy (non-hydrogen) atoms. The standard InChI is InChI=1S/C21H20N6O2S/c1-30-21-17(20-24-19(26-29-20)15-10-6-3-7-11-15)18(22)27(25-21)13-16(28)23-12-14-8-4-2-5-9-14/h2-11H,12-13,22H2,1H3,(H,23,28). The van der Waals surface area contributed by atoms with Crippen LogP contribution in [0.5, 0.6) is 0 Å². The largest absolute Gasteiger partial charge is 0.383 e. The van der Waals surface area contributed by atoms with Crippen LogP contribution in [0.1, 0.15) is 5.56 Å². The first-order valence-electron chi connectivity index (χ1n) is 9.26. The molecule has 8 nitrogen and oxygen atoms in total. The van der Waals surface area contributed by atoms with E-state index in [0.29, 0.717) is 28.8 Å². The number of nitrogens with one attached hydrogen (secondary N) is 1. The highest BCUT2D eigenvalue weighted by atomic mass is 32.2. The molecule has 9 heteroatoms. The fourth-order valence-electron chi connectivity index (χ4n) is 2.93. The summed E-state index contributed by atoms with van der Waals surface area (Å²) in [6, 6.07) is 19.2. The van der Waals surface area contributed by atoms with E-state index in [1.807, 2.05) is 66.9 Å². The minimum Gasteiger partial charge on any atom is -0.383 e. The molecule has 1 amide bonds. The van der Waals surface area contributed by atoms with Crippen molar-refractivity contribution in [2.24, 2.45) is 0 Å². The van der Waals surface area contributed by atoms with Gasteiger partial charge in [0.1, 0.15) is 23.0 Å². The predicted octanol–water partition coefficient (Wildman–Crippen LogP) is 3.22. The number of nitrogens with zero attached hydrogens (tertiary/aromatic N) is 4. The molecule has 4 aromatic rings. The Bertz CT molecular complexity index is 1140. The third-order valence-electron chi connectivity index (χ3n) is 4.45. The maximum atomic E-state index is 12.4. The monoisotopic (exact) mass is 420 g/mol. The molecular weight excluding hydrogens is 400 g/mol. The molecule has 4 rings (SSSR count). The second-order valence-electron chi connectivity index (χ2n) is 6.48. The molecule has 2 heterocycles. The lowest BCUT2D eigenvalue weighted by atomic mass is 10.2. The maximum Gasteiger partial charge on any atom is 0.264 e. The molecule has 0 radical (unpaired) electrons. The third-order valence-corrected chi connectivity index (χ3v) is 5.12. The molecule has 0 aliphatic rings. The lowest BCUT2D eigenvalue weighted by Gasteiger charge is -2.06. The van der Waals surface area contributed by atoms with E-state index in [0.717, 1.165) is 11.1 Å². The first-order valence-corrected chi connectivity index (χ1v) is 10.5. The quantitative estimate of drug-likeness (QED) is 0.442. The van der Waals surface area contributed by atoms with Gasteiger partial charge in [-0.25, -0.2) is 4.68 Å². The number of amides is 1. The third kappa shape index (κ3) is 4.20. The number of thioether (sulfide) groups is 1. The van der Waals surface area contributed by atoms with E-state index in [4.69, 9.17) is 10.3 Å². The highest BCUT2D eigenvalue weighted by Gasteiger charge is 2.23. The van der Waals surface area contributed by atoms with Gasteiger partial charge in [-0.2, -0.15) is 10.1 Å². The maximum absolute atomic E-state index is 12.4. The summed E-state index contributed by atoms with van der Waals surface area (Å²) in [5.41, 5.74) is 8.68. The number of hydrogen-bond acceptors (Lipinski definition) is 7. The van der Waals surface area contributed by atoms with Crippen LogP contribution in [0.4, 0.5) is 5.82 Å². The highest BCUT2D eigenvalue weighted by Crippen LogP contribution is 2.34. The van der Waals surface area contributed by atoms with Crippen molar-refractivity contribution < 1.29 is 9.32 Å². The Labute approximate surface area is 177 Å². The number of hydrogen-bond donors (Lipinski definition) is 2. The van der Waals surface area contributed by atoms with Gasteiger partial charge >= 0.3 is 0 Å². The van der Waals surface area contributed by atoms with Gasteiger partial charge in [0.05, 0.1) is 0 Å². The van der Waals surface area contributed by atoms with Crippen LogP contribution in [0.2, 0.25) is 0 Å². The number of benzene rings is 2. The number of carbonyl (C=O) groups excluding carboxylic acids is 1. The molecule has 0 saturated heterocycles. The Morgan fingerprint density at radius 2 is 1.83 bits per heavy atom. The highest BCUT2D eigenvalue weighted by molar-refractivity contribution is 7.98. The van der Waals surface area contributed by atoms with Gasteiger partial charge in [0.2, 0.25) is 11.7 Å². The molecule has 3 N–H and O–H groups in total. The Morgan fingerprint density at radius 1 is 1.13 bits per heavy atom. The number of anilines is 1. The van der Waals surface area contributed by atoms with Crippen LogP contribution in [0.15, 0.2) is 70.2 Å². The first kappa shape index (κ1) is 19.7. The van der Waals surface area contributed by atoms with Crippen LogP contribution in [0, 0.1) is 0 Å². The topological polar surface area (TPSA) is 112 Å². The van der Waals surface area contributed by atoms with E-state index in [1.54, 1.807) is 0 Å². The van der Waals surface area contributed by atoms with Crippen molar-refractivity contribution in [1.82, 2.24) is 25.2 Å². The molecule has 0 atom stereocenters. The van der Waals surface area contributed by atoms with Crippen molar-refractivity contribution in [1.29, 1.82) is 0 Å². The van der Waals surface area contributed by atoms with Gasteiger partial charge in [-0.15, -0.1) is 11.8 Å². The van der Waals surface area contributed by atoms with Crippen molar-refractivity contribution in [2.75, 3.05) is 12.0 Å². The molecule has 0 saturated carbocycles. The van der Waals surface area contributed by atoms with Crippen molar-refractivity contribution in [3.63, 3.8) is 0 Å². The zero-order chi connectivity index (χ0) is 20.9. The summed E-state index contributed by atoms with van der Waals surface area (Å²) in [5, 5.41) is 12.0. The molecule has 0 fully saturated rings. The van der Waals surface area contributed by atoms with Gasteiger partial charge in [-0.1, -0.05) is 65.8 Å². The molecule has 0 unspecified atom stereocenters. The summed E-state index contributed by atoms with van der Waals surface area (Å²) in [5.74, 6) is 0.845. The Balaban J connectivity index is 1.53. The smallest absolute Gasteiger partial charge is 0.264 e. The van der Waals surface area contributed by atoms with Crippen molar-refractivity contribution in [3.8, 4) is 22.8 Å². The number of rotatable bonds is 7. The minimum atomic E-state index is -0.192. The summed E-state index contributed by atoms with van der Waals surface area (Å²) in [6.07, 6.45) is 1.87. The molecule has 2 aromatic heterocycles. The van der Waals surface area contributed by atoms with Crippen molar-refractivity contribution >= 4 is 23.5 Å². The molecular formula is C21H20N6O2S. The van der Waals surface area contributed by atoms with Crippen LogP contribution < -0.4 is 11.1 Å². The van der Waals surface area contributed by atoms with E-state index in [1.165, 1.54) is 16.4 Å². The SMILES string of the molecule is CSc1nn(CC(=O)NCc2ccccc2)c(N)c1-c1nc(-c2ccccc2)no1. The number of carbonyl (C=O) groups is 1. The minimum absolute atomic E-state index is 0.00803. The van der Waals surface area contributed by atoms with Crippen LogP contribution in [-0.4, -0.2) is 32.1 Å². The lowest BCUT2D eigenvalue weighted by molar-refractivity contribution is -0.122. The summed E-state index contributed by atoms with van der Waals surface area (Å²) in [7, 11) is 0. The van der Waals surface area contributed by atoms with E-state index in [9.17, 15) is 4.79 Å². The van der Waals surface area contributed by atoms with Gasteiger partial charge < -0.3 is 15.6 Å². The number of aromatic nitrogens is 4. The van der Waals surface area contributed by atoms with Crippen LogP contribution in [-0.2, 0) is 17.9 Å². The molecule has 152 valence electrons. The summed E-state index contributed by atoms with van der Waals surface area (Å²) < 4.78 is 6.90. The van der Waals surface area contributed by atoms with Gasteiger partial charge in [0, 0.05) is 12.1 Å². The zero-order valence-corrected chi connectivity index (χ0v) is 17.1. The van der Waals surface area contributed by atoms with Crippen LogP contribution >= 0.6 is 11.8 Å².